The number of morpholine rings is 1. The third kappa shape index (κ3) is 3.55. The highest BCUT2D eigenvalue weighted by molar-refractivity contribution is 5.27. The van der Waals surface area contributed by atoms with Crippen LogP contribution in [-0.4, -0.2) is 32.4 Å². The van der Waals surface area contributed by atoms with Crippen LogP contribution in [-0.2, 0) is 15.9 Å². The maximum absolute atomic E-state index is 5.78. The number of hydrogen-bond donors (Lipinski definition) is 1. The average molecular weight is 249 g/mol. The minimum Gasteiger partial charge on any atom is -0.378 e. The number of benzene rings is 1. The van der Waals surface area contributed by atoms with Crippen LogP contribution in [0.4, 0.5) is 0 Å². The topological polar surface area (TPSA) is 30.5 Å². The second-order valence-electron chi connectivity index (χ2n) is 5.45. The van der Waals surface area contributed by atoms with E-state index in [2.05, 4.69) is 43.4 Å². The van der Waals surface area contributed by atoms with Crippen molar-refractivity contribution in [3.05, 3.63) is 35.4 Å². The Bertz CT molecular complexity index is 384. The summed E-state index contributed by atoms with van der Waals surface area (Å²) in [6.45, 7) is 6.86. The van der Waals surface area contributed by atoms with Crippen LogP contribution in [0.5, 0.6) is 0 Å². The lowest BCUT2D eigenvalue weighted by atomic mass is 9.96. The zero-order chi connectivity index (χ0) is 13.0. The molecule has 1 aliphatic rings. The molecule has 100 valence electrons. The molecule has 1 unspecified atom stereocenters. The highest BCUT2D eigenvalue weighted by Crippen LogP contribution is 2.22. The zero-order valence-corrected chi connectivity index (χ0v) is 11.5. The molecular formula is C15H23NO2. The third-order valence-electron chi connectivity index (χ3n) is 3.43. The van der Waals surface area contributed by atoms with Crippen molar-refractivity contribution in [2.45, 2.75) is 32.0 Å². The van der Waals surface area contributed by atoms with Crippen molar-refractivity contribution < 1.29 is 9.47 Å². The summed E-state index contributed by atoms with van der Waals surface area (Å²) < 4.78 is 11.3. The highest BCUT2D eigenvalue weighted by atomic mass is 16.5. The molecular weight excluding hydrogens is 226 g/mol. The van der Waals surface area contributed by atoms with Gasteiger partial charge in [-0.25, -0.2) is 0 Å². The molecule has 1 fully saturated rings. The van der Waals surface area contributed by atoms with Crippen molar-refractivity contribution in [1.29, 1.82) is 0 Å². The van der Waals surface area contributed by atoms with Crippen LogP contribution >= 0.6 is 0 Å². The molecule has 0 radical (unpaired) electrons. The van der Waals surface area contributed by atoms with E-state index in [4.69, 9.17) is 9.47 Å². The van der Waals surface area contributed by atoms with Gasteiger partial charge in [0, 0.05) is 26.6 Å². The minimum atomic E-state index is -0.121. The number of hydrogen-bond acceptors (Lipinski definition) is 3. The van der Waals surface area contributed by atoms with Crippen molar-refractivity contribution in [3.63, 3.8) is 0 Å². The fourth-order valence-electron chi connectivity index (χ4n) is 2.25. The van der Waals surface area contributed by atoms with Gasteiger partial charge in [-0.3, -0.25) is 0 Å². The van der Waals surface area contributed by atoms with Gasteiger partial charge in [0.15, 0.2) is 0 Å². The lowest BCUT2D eigenvalue weighted by Gasteiger charge is -2.26. The molecule has 1 aliphatic heterocycles. The molecule has 0 aromatic heterocycles. The smallest absolute Gasteiger partial charge is 0.0949 e. The number of ether oxygens (including phenoxy) is 2. The van der Waals surface area contributed by atoms with Crippen LogP contribution < -0.4 is 5.32 Å². The van der Waals surface area contributed by atoms with Crippen molar-refractivity contribution >= 4 is 0 Å². The summed E-state index contributed by atoms with van der Waals surface area (Å²) >= 11 is 0. The van der Waals surface area contributed by atoms with Gasteiger partial charge in [0.2, 0.25) is 0 Å². The van der Waals surface area contributed by atoms with Crippen LogP contribution in [0.2, 0.25) is 0 Å². The first-order chi connectivity index (χ1) is 8.61. The summed E-state index contributed by atoms with van der Waals surface area (Å²) in [6.07, 6.45) is 1.10. The van der Waals surface area contributed by atoms with E-state index in [0.29, 0.717) is 0 Å². The van der Waals surface area contributed by atoms with E-state index in [-0.39, 0.29) is 11.7 Å². The number of methoxy groups -OCH3 is 1. The second-order valence-corrected chi connectivity index (χ2v) is 5.45. The van der Waals surface area contributed by atoms with Crippen LogP contribution in [0.1, 0.15) is 31.1 Å². The van der Waals surface area contributed by atoms with Gasteiger partial charge in [-0.05, 0) is 25.0 Å². The Morgan fingerprint density at radius 2 is 2.28 bits per heavy atom. The molecule has 3 heteroatoms. The summed E-state index contributed by atoms with van der Waals surface area (Å²) in [5, 5.41) is 3.36. The lowest BCUT2D eigenvalue weighted by Crippen LogP contribution is -2.33. The Morgan fingerprint density at radius 3 is 2.94 bits per heavy atom. The maximum Gasteiger partial charge on any atom is 0.0949 e. The minimum absolute atomic E-state index is 0.121. The van der Waals surface area contributed by atoms with Crippen LogP contribution in [0.3, 0.4) is 0 Å². The van der Waals surface area contributed by atoms with Gasteiger partial charge in [-0.2, -0.15) is 0 Å². The lowest BCUT2D eigenvalue weighted by molar-refractivity contribution is 0.0221. The normalized spacial score (nSPS) is 20.9. The van der Waals surface area contributed by atoms with Gasteiger partial charge in [0.1, 0.15) is 0 Å². The molecule has 18 heavy (non-hydrogen) atoms. The van der Waals surface area contributed by atoms with E-state index in [0.717, 1.165) is 26.1 Å². The second kappa shape index (κ2) is 5.83. The zero-order valence-electron chi connectivity index (χ0n) is 11.5. The molecule has 3 nitrogen and oxygen atoms in total. The third-order valence-corrected chi connectivity index (χ3v) is 3.43. The van der Waals surface area contributed by atoms with Gasteiger partial charge in [-0.15, -0.1) is 0 Å². The van der Waals surface area contributed by atoms with Crippen LogP contribution in [0, 0.1) is 0 Å². The number of rotatable bonds is 4. The first kappa shape index (κ1) is 13.5. The predicted molar refractivity (Wildman–Crippen MR) is 72.8 cm³/mol. The van der Waals surface area contributed by atoms with E-state index in [1.54, 1.807) is 7.11 Å². The predicted octanol–water partition coefficient (Wildman–Crippen LogP) is 2.32. The summed E-state index contributed by atoms with van der Waals surface area (Å²) in [5.41, 5.74) is 2.43. The standard InChI is InChI=1S/C15H23NO2/c1-15(2,17-3)10-12-5-4-6-13(9-12)14-11-16-7-8-18-14/h4-6,9,14,16H,7-8,10-11H2,1-3H3. The van der Waals surface area contributed by atoms with Gasteiger partial charge in [-0.1, -0.05) is 24.3 Å². The van der Waals surface area contributed by atoms with Gasteiger partial charge in [0.25, 0.3) is 0 Å². The summed E-state index contributed by atoms with van der Waals surface area (Å²) in [5.74, 6) is 0. The molecule has 1 aromatic rings. The Morgan fingerprint density at radius 1 is 1.44 bits per heavy atom. The Balaban J connectivity index is 2.09. The summed E-state index contributed by atoms with van der Waals surface area (Å²) in [4.78, 5) is 0. The van der Waals surface area contributed by atoms with E-state index < -0.39 is 0 Å². The quantitative estimate of drug-likeness (QED) is 0.888. The molecule has 0 spiro atoms. The maximum atomic E-state index is 5.78. The summed E-state index contributed by atoms with van der Waals surface area (Å²) in [6, 6.07) is 8.63. The highest BCUT2D eigenvalue weighted by Gasteiger charge is 2.19. The fourth-order valence-corrected chi connectivity index (χ4v) is 2.25. The molecule has 1 atom stereocenters. The van der Waals surface area contributed by atoms with E-state index in [1.807, 2.05) is 0 Å². The first-order valence-electron chi connectivity index (χ1n) is 6.57. The Kier molecular flexibility index (Phi) is 4.38. The SMILES string of the molecule is COC(C)(C)Cc1cccc(C2CNCCO2)c1. The monoisotopic (exact) mass is 249 g/mol. The first-order valence-corrected chi connectivity index (χ1v) is 6.57. The molecule has 1 heterocycles. The molecule has 0 amide bonds. The molecule has 1 saturated heterocycles. The Labute approximate surface area is 109 Å². The molecule has 0 aliphatic carbocycles. The van der Waals surface area contributed by atoms with Gasteiger partial charge < -0.3 is 14.8 Å². The summed E-state index contributed by atoms with van der Waals surface area (Å²) in [7, 11) is 1.76. The van der Waals surface area contributed by atoms with Crippen molar-refractivity contribution in [3.8, 4) is 0 Å². The van der Waals surface area contributed by atoms with E-state index in [9.17, 15) is 0 Å². The van der Waals surface area contributed by atoms with Crippen molar-refractivity contribution in [1.82, 2.24) is 5.32 Å². The van der Waals surface area contributed by atoms with Crippen molar-refractivity contribution in [2.24, 2.45) is 0 Å². The number of nitrogens with one attached hydrogen (secondary N) is 1. The average Bonchev–Trinajstić information content (AvgIpc) is 2.40. The largest absolute Gasteiger partial charge is 0.378 e. The van der Waals surface area contributed by atoms with Gasteiger partial charge in [0.05, 0.1) is 18.3 Å². The Hall–Kier alpha value is -0.900. The molecule has 0 saturated carbocycles. The fraction of sp³-hybridized carbons (Fsp3) is 0.600. The van der Waals surface area contributed by atoms with E-state index in [1.165, 1.54) is 11.1 Å². The van der Waals surface area contributed by atoms with Gasteiger partial charge >= 0.3 is 0 Å². The molecule has 0 bridgehead atoms. The van der Waals surface area contributed by atoms with Crippen molar-refractivity contribution in [2.75, 3.05) is 26.8 Å². The van der Waals surface area contributed by atoms with Crippen LogP contribution in [0.25, 0.3) is 0 Å². The van der Waals surface area contributed by atoms with Crippen LogP contribution in [0.15, 0.2) is 24.3 Å². The molecule has 1 N–H and O–H groups in total. The molecule has 1 aromatic carbocycles. The van der Waals surface area contributed by atoms with E-state index >= 15 is 0 Å². The molecule has 2 rings (SSSR count).